The first kappa shape index (κ1) is 12.9. The monoisotopic (exact) mass is 239 g/mol. The molecular formula is C14H25NO2. The Labute approximate surface area is 104 Å². The van der Waals surface area contributed by atoms with Gasteiger partial charge in [-0.15, -0.1) is 0 Å². The molecule has 3 nitrogen and oxygen atoms in total. The van der Waals surface area contributed by atoms with E-state index >= 15 is 0 Å². The maximum absolute atomic E-state index is 11.1. The van der Waals surface area contributed by atoms with Crippen molar-refractivity contribution in [2.24, 2.45) is 17.8 Å². The summed E-state index contributed by atoms with van der Waals surface area (Å²) in [5.74, 6) is 0.418. The lowest BCUT2D eigenvalue weighted by Crippen LogP contribution is -2.33. The third-order valence-corrected chi connectivity index (χ3v) is 4.70. The maximum Gasteiger partial charge on any atom is 0.308 e. The molecule has 0 radical (unpaired) electrons. The number of likely N-dealkylation sites (tertiary alicyclic amines) is 1. The number of nitrogens with zero attached hydrogens (tertiary/aromatic N) is 1. The minimum atomic E-state index is -0.609. The van der Waals surface area contributed by atoms with E-state index in [-0.39, 0.29) is 5.92 Å². The molecule has 2 aliphatic rings. The smallest absolute Gasteiger partial charge is 0.308 e. The predicted octanol–water partition coefficient (Wildman–Crippen LogP) is 2.61. The minimum absolute atomic E-state index is 0.143. The van der Waals surface area contributed by atoms with Crippen molar-refractivity contribution >= 4 is 5.97 Å². The van der Waals surface area contributed by atoms with E-state index < -0.39 is 5.97 Å². The van der Waals surface area contributed by atoms with Gasteiger partial charge in [0.25, 0.3) is 0 Å². The van der Waals surface area contributed by atoms with Gasteiger partial charge in [-0.3, -0.25) is 9.69 Å². The van der Waals surface area contributed by atoms with Crippen LogP contribution in [-0.2, 0) is 4.79 Å². The lowest BCUT2D eigenvalue weighted by Gasteiger charge is -2.26. The summed E-state index contributed by atoms with van der Waals surface area (Å²) in [6.45, 7) is 6.18. The Morgan fingerprint density at radius 2 is 1.88 bits per heavy atom. The molecule has 0 bridgehead atoms. The summed E-state index contributed by atoms with van der Waals surface area (Å²) < 4.78 is 0. The van der Waals surface area contributed by atoms with Crippen LogP contribution in [0.3, 0.4) is 0 Å². The molecule has 2 rings (SSSR count). The van der Waals surface area contributed by atoms with Crippen molar-refractivity contribution in [1.29, 1.82) is 0 Å². The number of carbonyl (C=O) groups is 1. The van der Waals surface area contributed by atoms with Gasteiger partial charge in [0.2, 0.25) is 0 Å². The number of aliphatic carboxylic acids is 1. The molecule has 4 unspecified atom stereocenters. The van der Waals surface area contributed by atoms with Crippen molar-refractivity contribution in [1.82, 2.24) is 4.90 Å². The average molecular weight is 239 g/mol. The fraction of sp³-hybridized carbons (Fsp3) is 0.929. The highest BCUT2D eigenvalue weighted by atomic mass is 16.4. The molecule has 0 amide bonds. The van der Waals surface area contributed by atoms with Crippen LogP contribution in [0.15, 0.2) is 0 Å². The Balaban J connectivity index is 1.93. The summed E-state index contributed by atoms with van der Waals surface area (Å²) in [6.07, 6.45) is 6.51. The van der Waals surface area contributed by atoms with Crippen LogP contribution in [0.2, 0.25) is 0 Å². The maximum atomic E-state index is 11.1. The fourth-order valence-electron chi connectivity index (χ4n) is 3.46. The molecule has 1 aliphatic heterocycles. The molecule has 4 atom stereocenters. The van der Waals surface area contributed by atoms with Crippen molar-refractivity contribution in [3.63, 3.8) is 0 Å². The second-order valence-electron chi connectivity index (χ2n) is 6.14. The summed E-state index contributed by atoms with van der Waals surface area (Å²) in [4.78, 5) is 13.6. The Morgan fingerprint density at radius 1 is 1.12 bits per heavy atom. The molecule has 98 valence electrons. The lowest BCUT2D eigenvalue weighted by molar-refractivity contribution is -0.142. The van der Waals surface area contributed by atoms with Crippen molar-refractivity contribution in [3.05, 3.63) is 0 Å². The summed E-state index contributed by atoms with van der Waals surface area (Å²) in [7, 11) is 0. The zero-order chi connectivity index (χ0) is 12.4. The third kappa shape index (κ3) is 3.01. The molecule has 1 saturated heterocycles. The van der Waals surface area contributed by atoms with Crippen LogP contribution in [0.25, 0.3) is 0 Å². The Hall–Kier alpha value is -0.570. The van der Waals surface area contributed by atoms with Crippen LogP contribution in [0.5, 0.6) is 0 Å². The van der Waals surface area contributed by atoms with Crippen molar-refractivity contribution in [2.45, 2.75) is 52.0 Å². The molecule has 1 saturated carbocycles. The highest BCUT2D eigenvalue weighted by Gasteiger charge is 2.37. The largest absolute Gasteiger partial charge is 0.481 e. The molecule has 17 heavy (non-hydrogen) atoms. The zero-order valence-electron chi connectivity index (χ0n) is 11.1. The van der Waals surface area contributed by atoms with E-state index in [1.807, 2.05) is 0 Å². The summed E-state index contributed by atoms with van der Waals surface area (Å²) in [5, 5.41) is 9.17. The second-order valence-corrected chi connectivity index (χ2v) is 6.14. The summed E-state index contributed by atoms with van der Waals surface area (Å²) in [5.41, 5.74) is 0. The number of hydrogen-bond donors (Lipinski definition) is 1. The topological polar surface area (TPSA) is 40.5 Å². The van der Waals surface area contributed by atoms with E-state index in [2.05, 4.69) is 18.7 Å². The molecule has 0 aromatic rings. The molecule has 0 spiro atoms. The van der Waals surface area contributed by atoms with Gasteiger partial charge >= 0.3 is 5.97 Å². The van der Waals surface area contributed by atoms with Gasteiger partial charge in [0.1, 0.15) is 0 Å². The average Bonchev–Trinajstić information content (AvgIpc) is 2.52. The van der Waals surface area contributed by atoms with Gasteiger partial charge in [0.05, 0.1) is 5.92 Å². The molecule has 0 aromatic heterocycles. The SMILES string of the molecule is CC1CCCC(N2CC(C)C(C(=O)O)C2)CC1. The third-order valence-electron chi connectivity index (χ3n) is 4.70. The highest BCUT2D eigenvalue weighted by molar-refractivity contribution is 5.71. The number of hydrogen-bond acceptors (Lipinski definition) is 2. The van der Waals surface area contributed by atoms with Crippen molar-refractivity contribution in [3.8, 4) is 0 Å². The first-order chi connectivity index (χ1) is 8.08. The Kier molecular flexibility index (Phi) is 4.08. The van der Waals surface area contributed by atoms with Crippen molar-refractivity contribution in [2.75, 3.05) is 13.1 Å². The quantitative estimate of drug-likeness (QED) is 0.753. The van der Waals surface area contributed by atoms with Crippen LogP contribution in [0.1, 0.15) is 46.0 Å². The summed E-state index contributed by atoms with van der Waals surface area (Å²) in [6, 6.07) is 0.645. The standard InChI is InChI=1S/C14H25NO2/c1-10-4-3-5-12(7-6-10)15-8-11(2)13(9-15)14(16)17/h10-13H,3-9H2,1-2H3,(H,16,17). The molecule has 1 heterocycles. The second kappa shape index (κ2) is 5.38. The van der Waals surface area contributed by atoms with Gasteiger partial charge in [-0.1, -0.05) is 26.7 Å². The molecule has 3 heteroatoms. The van der Waals surface area contributed by atoms with E-state index in [0.29, 0.717) is 12.0 Å². The molecule has 1 aliphatic carbocycles. The number of carboxylic acid groups (broad SMARTS) is 1. The van der Waals surface area contributed by atoms with Gasteiger partial charge in [0.15, 0.2) is 0 Å². The number of carboxylic acids is 1. The minimum Gasteiger partial charge on any atom is -0.481 e. The predicted molar refractivity (Wildman–Crippen MR) is 67.9 cm³/mol. The first-order valence-electron chi connectivity index (χ1n) is 7.04. The van der Waals surface area contributed by atoms with E-state index in [0.717, 1.165) is 19.0 Å². The number of rotatable bonds is 2. The molecule has 1 N–H and O–H groups in total. The van der Waals surface area contributed by atoms with Gasteiger partial charge in [-0.2, -0.15) is 0 Å². The van der Waals surface area contributed by atoms with Gasteiger partial charge in [0, 0.05) is 19.1 Å². The van der Waals surface area contributed by atoms with Crippen LogP contribution in [-0.4, -0.2) is 35.1 Å². The van der Waals surface area contributed by atoms with Gasteiger partial charge in [-0.25, -0.2) is 0 Å². The normalized spacial score (nSPS) is 40.1. The van der Waals surface area contributed by atoms with Gasteiger partial charge in [-0.05, 0) is 31.1 Å². The van der Waals surface area contributed by atoms with Crippen LogP contribution < -0.4 is 0 Å². The molecule has 2 fully saturated rings. The fourth-order valence-corrected chi connectivity index (χ4v) is 3.46. The zero-order valence-corrected chi connectivity index (χ0v) is 11.1. The Morgan fingerprint density at radius 3 is 2.53 bits per heavy atom. The molecule has 0 aromatic carbocycles. The first-order valence-corrected chi connectivity index (χ1v) is 7.04. The van der Waals surface area contributed by atoms with Crippen LogP contribution in [0.4, 0.5) is 0 Å². The highest BCUT2D eigenvalue weighted by Crippen LogP contribution is 2.31. The van der Waals surface area contributed by atoms with Crippen LogP contribution in [0, 0.1) is 17.8 Å². The lowest BCUT2D eigenvalue weighted by atomic mass is 9.99. The van der Waals surface area contributed by atoms with E-state index in [1.165, 1.54) is 32.1 Å². The van der Waals surface area contributed by atoms with Crippen LogP contribution >= 0.6 is 0 Å². The van der Waals surface area contributed by atoms with Gasteiger partial charge < -0.3 is 5.11 Å². The Bertz CT molecular complexity index is 279. The van der Waals surface area contributed by atoms with E-state index in [1.54, 1.807) is 0 Å². The van der Waals surface area contributed by atoms with Crippen molar-refractivity contribution < 1.29 is 9.90 Å². The summed E-state index contributed by atoms with van der Waals surface area (Å²) >= 11 is 0. The van der Waals surface area contributed by atoms with E-state index in [9.17, 15) is 9.90 Å². The molecular weight excluding hydrogens is 214 g/mol. The van der Waals surface area contributed by atoms with E-state index in [4.69, 9.17) is 0 Å².